The first-order chi connectivity index (χ1) is 11.8. The molecule has 0 aliphatic rings. The third kappa shape index (κ3) is 9.34. The average molecular weight is 377 g/mol. The van der Waals surface area contributed by atoms with Gasteiger partial charge in [0, 0.05) is 59.7 Å². The number of hydrogen-bond donors (Lipinski definition) is 2. The van der Waals surface area contributed by atoms with Gasteiger partial charge in [0.2, 0.25) is 11.8 Å². The van der Waals surface area contributed by atoms with Gasteiger partial charge in [-0.05, 0) is 19.3 Å². The molecule has 0 aromatic rings. The first kappa shape index (κ1) is 24.0. The Morgan fingerprint density at radius 3 is 1.68 bits per heavy atom. The predicted molar refractivity (Wildman–Crippen MR) is 100 cm³/mol. The van der Waals surface area contributed by atoms with E-state index in [1.807, 2.05) is 0 Å². The van der Waals surface area contributed by atoms with E-state index in [0.29, 0.717) is 19.1 Å². The molecule has 0 radical (unpaired) electrons. The zero-order valence-corrected chi connectivity index (χ0v) is 17.7. The van der Waals surface area contributed by atoms with Crippen molar-refractivity contribution in [2.24, 2.45) is 5.41 Å². The summed E-state index contributed by atoms with van der Waals surface area (Å²) in [5.74, 6) is -0.115. The van der Waals surface area contributed by atoms with Gasteiger partial charge in [-0.25, -0.2) is 0 Å². The fourth-order valence-electron chi connectivity index (χ4n) is 2.95. The summed E-state index contributed by atoms with van der Waals surface area (Å²) in [4.78, 5) is 22.8. The van der Waals surface area contributed by atoms with Gasteiger partial charge >= 0.3 is 8.80 Å². The Hall–Kier alpha value is -0.963. The summed E-state index contributed by atoms with van der Waals surface area (Å²) in [7, 11) is 2.22. The van der Waals surface area contributed by atoms with Gasteiger partial charge in [0.1, 0.15) is 0 Å². The average Bonchev–Trinajstić information content (AvgIpc) is 2.60. The van der Waals surface area contributed by atoms with Crippen LogP contribution in [0.2, 0.25) is 6.04 Å². The number of unbranched alkanes of at least 4 members (excludes halogenated alkanes) is 1. The summed E-state index contributed by atoms with van der Waals surface area (Å²) in [6.07, 6.45) is 4.73. The van der Waals surface area contributed by atoms with Crippen LogP contribution in [0.3, 0.4) is 0 Å². The number of carbonyl (C=O) groups excluding carboxylic acids is 2. The highest BCUT2D eigenvalue weighted by atomic mass is 28.4. The van der Waals surface area contributed by atoms with Crippen molar-refractivity contribution >= 4 is 20.6 Å². The molecule has 0 fully saturated rings. The fraction of sp³-hybridized carbons (Fsp3) is 0.882. The van der Waals surface area contributed by atoms with Crippen molar-refractivity contribution in [3.63, 3.8) is 0 Å². The van der Waals surface area contributed by atoms with E-state index in [1.54, 1.807) is 21.3 Å². The highest BCUT2D eigenvalue weighted by Crippen LogP contribution is 2.32. The van der Waals surface area contributed by atoms with Gasteiger partial charge in [-0.1, -0.05) is 19.8 Å². The lowest BCUT2D eigenvalue weighted by molar-refractivity contribution is -0.119. The lowest BCUT2D eigenvalue weighted by atomic mass is 9.78. The van der Waals surface area contributed by atoms with E-state index in [4.69, 9.17) is 13.3 Å². The van der Waals surface area contributed by atoms with Gasteiger partial charge in [-0.2, -0.15) is 0 Å². The zero-order valence-electron chi connectivity index (χ0n) is 16.7. The highest BCUT2D eigenvalue weighted by Gasteiger charge is 2.39. The maximum Gasteiger partial charge on any atom is 0.500 e. The predicted octanol–water partition coefficient (Wildman–Crippen LogP) is 2.09. The molecule has 25 heavy (non-hydrogen) atoms. The van der Waals surface area contributed by atoms with E-state index in [1.165, 1.54) is 13.8 Å². The lowest BCUT2D eigenvalue weighted by Gasteiger charge is -2.35. The molecule has 2 amide bonds. The van der Waals surface area contributed by atoms with Crippen molar-refractivity contribution in [2.75, 3.05) is 34.4 Å². The zero-order chi connectivity index (χ0) is 19.3. The second kappa shape index (κ2) is 12.4. The molecule has 148 valence electrons. The quantitative estimate of drug-likeness (QED) is 0.453. The van der Waals surface area contributed by atoms with E-state index >= 15 is 0 Å². The van der Waals surface area contributed by atoms with Gasteiger partial charge in [0.05, 0.1) is 0 Å². The molecule has 0 aromatic carbocycles. The molecule has 0 spiro atoms. The number of amides is 2. The molecule has 0 saturated carbocycles. The number of carbonyl (C=O) groups is 2. The van der Waals surface area contributed by atoms with Crippen LogP contribution in [-0.4, -0.2) is 55.0 Å². The van der Waals surface area contributed by atoms with Crippen LogP contribution in [0.15, 0.2) is 0 Å². The first-order valence-corrected chi connectivity index (χ1v) is 10.9. The van der Waals surface area contributed by atoms with Gasteiger partial charge in [0.25, 0.3) is 0 Å². The van der Waals surface area contributed by atoms with Gasteiger partial charge in [0.15, 0.2) is 0 Å². The van der Waals surface area contributed by atoms with E-state index in [-0.39, 0.29) is 17.2 Å². The summed E-state index contributed by atoms with van der Waals surface area (Å²) in [5.41, 5.74) is -0.178. The van der Waals surface area contributed by atoms with Crippen molar-refractivity contribution in [2.45, 2.75) is 58.9 Å². The maximum atomic E-state index is 11.4. The van der Waals surface area contributed by atoms with E-state index < -0.39 is 8.80 Å². The Bertz CT molecular complexity index is 376. The van der Waals surface area contributed by atoms with Crippen LogP contribution in [0, 0.1) is 5.41 Å². The third-order valence-electron chi connectivity index (χ3n) is 4.61. The molecule has 0 bridgehead atoms. The summed E-state index contributed by atoms with van der Waals surface area (Å²) in [6.45, 7) is 6.26. The summed E-state index contributed by atoms with van der Waals surface area (Å²) in [5, 5.41) is 5.87. The first-order valence-electron chi connectivity index (χ1n) is 8.93. The van der Waals surface area contributed by atoms with Crippen LogP contribution in [0.5, 0.6) is 0 Å². The normalized spacial score (nSPS) is 12.1. The SMILES string of the molecule is CCCCC(CCC[Si](OC)(OC)OC)(CNC(C)=O)CNC(C)=O. The van der Waals surface area contributed by atoms with Gasteiger partial charge in [-0.3, -0.25) is 9.59 Å². The topological polar surface area (TPSA) is 85.9 Å². The fourth-order valence-corrected chi connectivity index (χ4v) is 4.68. The molecule has 0 heterocycles. The lowest BCUT2D eigenvalue weighted by Crippen LogP contribution is -2.46. The molecule has 8 heteroatoms. The van der Waals surface area contributed by atoms with Crippen molar-refractivity contribution in [1.29, 1.82) is 0 Å². The molecule has 2 N–H and O–H groups in total. The molecule has 0 aromatic heterocycles. The summed E-state index contributed by atoms with van der Waals surface area (Å²) in [6, 6.07) is 0.699. The highest BCUT2D eigenvalue weighted by molar-refractivity contribution is 6.60. The van der Waals surface area contributed by atoms with E-state index in [2.05, 4.69) is 17.6 Å². The standard InChI is InChI=1S/C17H36N2O5Si/c1-7-8-10-17(13-18-15(2)20,14-19-16(3)21)11-9-12-25(22-4,23-5)24-6/h7-14H2,1-6H3,(H,18,20)(H,19,21). The molecule has 0 atom stereocenters. The smallest absolute Gasteiger partial charge is 0.377 e. The minimum Gasteiger partial charge on any atom is -0.377 e. The van der Waals surface area contributed by atoms with Crippen LogP contribution < -0.4 is 10.6 Å². The van der Waals surface area contributed by atoms with Crippen molar-refractivity contribution < 1.29 is 22.9 Å². The number of hydrogen-bond acceptors (Lipinski definition) is 5. The molecule has 0 aliphatic heterocycles. The van der Waals surface area contributed by atoms with Gasteiger partial charge < -0.3 is 23.9 Å². The molecule has 0 unspecified atom stereocenters. The minimum atomic E-state index is -2.61. The Morgan fingerprint density at radius 2 is 1.32 bits per heavy atom. The number of rotatable bonds is 14. The second-order valence-electron chi connectivity index (χ2n) is 6.57. The summed E-state index contributed by atoms with van der Waals surface area (Å²) < 4.78 is 16.5. The van der Waals surface area contributed by atoms with Crippen LogP contribution in [0.25, 0.3) is 0 Å². The minimum absolute atomic E-state index is 0.0573. The Balaban J connectivity index is 5.08. The Kier molecular flexibility index (Phi) is 11.9. The molecular weight excluding hydrogens is 340 g/mol. The van der Waals surface area contributed by atoms with Crippen LogP contribution >= 0.6 is 0 Å². The third-order valence-corrected chi connectivity index (χ3v) is 7.44. The molecular formula is C17H36N2O5Si. The molecule has 0 aliphatic carbocycles. The molecule has 0 rings (SSSR count). The maximum absolute atomic E-state index is 11.4. The monoisotopic (exact) mass is 376 g/mol. The summed E-state index contributed by atoms with van der Waals surface area (Å²) >= 11 is 0. The Morgan fingerprint density at radius 1 is 0.880 bits per heavy atom. The molecule has 7 nitrogen and oxygen atoms in total. The molecule has 0 saturated heterocycles. The van der Waals surface area contributed by atoms with E-state index in [0.717, 1.165) is 32.1 Å². The van der Waals surface area contributed by atoms with Crippen molar-refractivity contribution in [3.8, 4) is 0 Å². The van der Waals surface area contributed by atoms with Crippen LogP contribution in [0.1, 0.15) is 52.9 Å². The Labute approximate surface area is 153 Å². The van der Waals surface area contributed by atoms with Crippen molar-refractivity contribution in [3.05, 3.63) is 0 Å². The van der Waals surface area contributed by atoms with Gasteiger partial charge in [-0.15, -0.1) is 0 Å². The second-order valence-corrected chi connectivity index (χ2v) is 9.66. The largest absolute Gasteiger partial charge is 0.500 e. The van der Waals surface area contributed by atoms with Crippen LogP contribution in [0.4, 0.5) is 0 Å². The van der Waals surface area contributed by atoms with E-state index in [9.17, 15) is 9.59 Å². The van der Waals surface area contributed by atoms with Crippen molar-refractivity contribution in [1.82, 2.24) is 10.6 Å². The van der Waals surface area contributed by atoms with Crippen LogP contribution in [-0.2, 0) is 22.9 Å². The number of nitrogens with one attached hydrogen (secondary N) is 2.